The number of rotatable bonds is 6. The van der Waals surface area contributed by atoms with E-state index in [1.165, 1.54) is 11.1 Å². The average Bonchev–Trinajstić information content (AvgIpc) is 2.78. The van der Waals surface area contributed by atoms with Gasteiger partial charge in [-0.2, -0.15) is 9.78 Å². The number of hydrogen-bond acceptors (Lipinski definition) is 4. The second-order valence-electron chi connectivity index (χ2n) is 7.47. The largest absolute Gasteiger partial charge is 0.489 e. The standard InChI is InChI=1S/C24H24BrN3O2/c1-2-14-30-22-11-7-6-10-18(22)16-26-28-23(17-8-4-3-5-9-17)27-21-13-12-19(25)15-20(21)24(28)29/h2,6-7,10-13,15-17H,1,3-5,8-9,14H2. The number of fused-ring (bicyclic) bond motifs is 1. The maximum absolute atomic E-state index is 13.4. The third-order valence-corrected chi connectivity index (χ3v) is 5.88. The molecule has 1 heterocycles. The van der Waals surface area contributed by atoms with Crippen molar-refractivity contribution in [2.75, 3.05) is 6.61 Å². The molecule has 1 saturated carbocycles. The molecule has 0 spiro atoms. The van der Waals surface area contributed by atoms with E-state index in [0.717, 1.165) is 41.5 Å². The van der Waals surface area contributed by atoms with Gasteiger partial charge < -0.3 is 4.74 Å². The molecular weight excluding hydrogens is 442 g/mol. The van der Waals surface area contributed by atoms with Crippen LogP contribution in [0.5, 0.6) is 5.75 Å². The highest BCUT2D eigenvalue weighted by molar-refractivity contribution is 9.10. The van der Waals surface area contributed by atoms with Crippen LogP contribution in [-0.2, 0) is 0 Å². The molecule has 1 aliphatic carbocycles. The van der Waals surface area contributed by atoms with Crippen LogP contribution >= 0.6 is 15.9 Å². The molecule has 1 fully saturated rings. The first-order valence-corrected chi connectivity index (χ1v) is 11.1. The second kappa shape index (κ2) is 9.39. The summed E-state index contributed by atoms with van der Waals surface area (Å²) >= 11 is 3.46. The smallest absolute Gasteiger partial charge is 0.282 e. The van der Waals surface area contributed by atoms with Crippen molar-refractivity contribution in [3.63, 3.8) is 0 Å². The van der Waals surface area contributed by atoms with Crippen LogP contribution in [0.1, 0.15) is 49.4 Å². The zero-order valence-electron chi connectivity index (χ0n) is 16.8. The lowest BCUT2D eigenvalue weighted by Gasteiger charge is -2.22. The number of para-hydroxylation sites is 1. The van der Waals surface area contributed by atoms with Gasteiger partial charge in [0.05, 0.1) is 17.1 Å². The molecule has 6 heteroatoms. The van der Waals surface area contributed by atoms with Gasteiger partial charge >= 0.3 is 0 Å². The van der Waals surface area contributed by atoms with Gasteiger partial charge in [0.15, 0.2) is 0 Å². The number of aromatic nitrogens is 2. The van der Waals surface area contributed by atoms with Gasteiger partial charge in [-0.15, -0.1) is 0 Å². The zero-order valence-corrected chi connectivity index (χ0v) is 18.3. The summed E-state index contributed by atoms with van der Waals surface area (Å²) in [5, 5.41) is 5.15. The van der Waals surface area contributed by atoms with Crippen molar-refractivity contribution in [1.82, 2.24) is 9.66 Å². The number of hydrogen-bond donors (Lipinski definition) is 0. The van der Waals surface area contributed by atoms with Crippen molar-refractivity contribution in [3.8, 4) is 5.75 Å². The molecule has 0 amide bonds. The zero-order chi connectivity index (χ0) is 20.9. The molecule has 154 valence electrons. The summed E-state index contributed by atoms with van der Waals surface area (Å²) in [6.45, 7) is 4.10. The third kappa shape index (κ3) is 4.38. The van der Waals surface area contributed by atoms with E-state index >= 15 is 0 Å². The van der Waals surface area contributed by atoms with Gasteiger partial charge in [-0.05, 0) is 43.2 Å². The topological polar surface area (TPSA) is 56.5 Å². The molecule has 4 rings (SSSR count). The lowest BCUT2D eigenvalue weighted by atomic mass is 9.88. The predicted molar refractivity (Wildman–Crippen MR) is 125 cm³/mol. The first kappa shape index (κ1) is 20.5. The molecule has 5 nitrogen and oxygen atoms in total. The molecule has 0 N–H and O–H groups in total. The Kier molecular flexibility index (Phi) is 6.43. The number of benzene rings is 2. The Hall–Kier alpha value is -2.73. The Morgan fingerprint density at radius 3 is 2.80 bits per heavy atom. The predicted octanol–water partition coefficient (Wildman–Crippen LogP) is 5.65. The van der Waals surface area contributed by atoms with Crippen LogP contribution in [0.4, 0.5) is 0 Å². The van der Waals surface area contributed by atoms with Gasteiger partial charge in [-0.1, -0.05) is 60.0 Å². The minimum absolute atomic E-state index is 0.150. The SMILES string of the molecule is C=CCOc1ccccc1C=Nn1c(C2CCCCC2)nc2ccc(Br)cc2c1=O. The van der Waals surface area contributed by atoms with Crippen molar-refractivity contribution >= 4 is 33.0 Å². The Labute approximate surface area is 184 Å². The molecule has 1 aliphatic rings. The highest BCUT2D eigenvalue weighted by atomic mass is 79.9. The molecule has 30 heavy (non-hydrogen) atoms. The van der Waals surface area contributed by atoms with E-state index in [1.807, 2.05) is 42.5 Å². The molecule has 0 aliphatic heterocycles. The fraction of sp³-hybridized carbons (Fsp3) is 0.292. The van der Waals surface area contributed by atoms with E-state index in [0.29, 0.717) is 23.3 Å². The summed E-state index contributed by atoms with van der Waals surface area (Å²) in [6, 6.07) is 13.2. The Morgan fingerprint density at radius 1 is 1.20 bits per heavy atom. The van der Waals surface area contributed by atoms with E-state index in [-0.39, 0.29) is 11.5 Å². The van der Waals surface area contributed by atoms with Crippen molar-refractivity contribution in [2.24, 2.45) is 5.10 Å². The van der Waals surface area contributed by atoms with Gasteiger partial charge in [-0.25, -0.2) is 4.98 Å². The summed E-state index contributed by atoms with van der Waals surface area (Å²) < 4.78 is 8.05. The normalized spacial score (nSPS) is 15.0. The number of nitrogens with zero attached hydrogens (tertiary/aromatic N) is 3. The highest BCUT2D eigenvalue weighted by Gasteiger charge is 2.22. The molecule has 0 saturated heterocycles. The molecule has 3 aromatic rings. The van der Waals surface area contributed by atoms with Gasteiger partial charge in [0.1, 0.15) is 18.2 Å². The summed E-state index contributed by atoms with van der Waals surface area (Å²) in [6.07, 6.45) is 8.98. The second-order valence-corrected chi connectivity index (χ2v) is 8.38. The first-order valence-electron chi connectivity index (χ1n) is 10.3. The van der Waals surface area contributed by atoms with E-state index in [4.69, 9.17) is 9.72 Å². The van der Waals surface area contributed by atoms with Crippen LogP contribution in [0.15, 0.2) is 69.5 Å². The van der Waals surface area contributed by atoms with E-state index in [1.54, 1.807) is 12.3 Å². The minimum Gasteiger partial charge on any atom is -0.489 e. The maximum atomic E-state index is 13.4. The van der Waals surface area contributed by atoms with Crippen LogP contribution in [0.2, 0.25) is 0 Å². The minimum atomic E-state index is -0.150. The van der Waals surface area contributed by atoms with Gasteiger partial charge in [0.25, 0.3) is 5.56 Å². The van der Waals surface area contributed by atoms with Crippen LogP contribution in [0.3, 0.4) is 0 Å². The molecule has 0 unspecified atom stereocenters. The molecule has 1 aromatic heterocycles. The monoisotopic (exact) mass is 465 g/mol. The van der Waals surface area contributed by atoms with Crippen LogP contribution in [0, 0.1) is 0 Å². The van der Waals surface area contributed by atoms with Gasteiger partial charge in [0, 0.05) is 16.0 Å². The summed E-state index contributed by atoms with van der Waals surface area (Å²) in [4.78, 5) is 18.2. The molecular formula is C24H24BrN3O2. The lowest BCUT2D eigenvalue weighted by molar-refractivity contribution is 0.362. The number of halogens is 1. The number of ether oxygens (including phenoxy) is 1. The summed E-state index contributed by atoms with van der Waals surface area (Å²) in [5.74, 6) is 1.68. The average molecular weight is 466 g/mol. The maximum Gasteiger partial charge on any atom is 0.282 e. The quantitative estimate of drug-likeness (QED) is 0.348. The van der Waals surface area contributed by atoms with Crippen LogP contribution < -0.4 is 10.3 Å². The van der Waals surface area contributed by atoms with E-state index in [2.05, 4.69) is 27.6 Å². The fourth-order valence-electron chi connectivity index (χ4n) is 3.89. The van der Waals surface area contributed by atoms with Crippen molar-refractivity contribution in [1.29, 1.82) is 0 Å². The van der Waals surface area contributed by atoms with E-state index < -0.39 is 0 Å². The van der Waals surface area contributed by atoms with Crippen LogP contribution in [0.25, 0.3) is 10.9 Å². The van der Waals surface area contributed by atoms with Gasteiger partial charge in [0.2, 0.25) is 0 Å². The van der Waals surface area contributed by atoms with Crippen molar-refractivity contribution in [3.05, 3.63) is 81.3 Å². The van der Waals surface area contributed by atoms with E-state index in [9.17, 15) is 4.79 Å². The van der Waals surface area contributed by atoms with Gasteiger partial charge in [-0.3, -0.25) is 4.79 Å². The van der Waals surface area contributed by atoms with Crippen LogP contribution in [-0.4, -0.2) is 22.5 Å². The summed E-state index contributed by atoms with van der Waals surface area (Å²) in [7, 11) is 0. The fourth-order valence-corrected chi connectivity index (χ4v) is 4.25. The first-order chi connectivity index (χ1) is 14.7. The molecule has 0 atom stereocenters. The molecule has 0 radical (unpaired) electrons. The Bertz CT molecular complexity index is 1150. The third-order valence-electron chi connectivity index (χ3n) is 5.39. The summed E-state index contributed by atoms with van der Waals surface area (Å²) in [5.41, 5.74) is 1.36. The Balaban J connectivity index is 1.82. The Morgan fingerprint density at radius 2 is 2.00 bits per heavy atom. The highest BCUT2D eigenvalue weighted by Crippen LogP contribution is 2.32. The van der Waals surface area contributed by atoms with Crippen molar-refractivity contribution in [2.45, 2.75) is 38.0 Å². The lowest BCUT2D eigenvalue weighted by Crippen LogP contribution is -2.25. The molecule has 2 aromatic carbocycles. The van der Waals surface area contributed by atoms with Crippen molar-refractivity contribution < 1.29 is 4.74 Å². The molecule has 0 bridgehead atoms.